The van der Waals surface area contributed by atoms with E-state index in [2.05, 4.69) is 17.0 Å². The highest BCUT2D eigenvalue weighted by atomic mass is 16.5. The number of nitrogens with zero attached hydrogens (tertiary/aromatic N) is 2. The fourth-order valence-corrected chi connectivity index (χ4v) is 5.09. The Morgan fingerprint density at radius 2 is 1.67 bits per heavy atom. The van der Waals surface area contributed by atoms with Gasteiger partial charge in [0.05, 0.1) is 18.2 Å². The monoisotopic (exact) mass is 492 g/mol. The summed E-state index contributed by atoms with van der Waals surface area (Å²) in [5, 5.41) is 0. The van der Waals surface area contributed by atoms with Crippen molar-refractivity contribution in [3.05, 3.63) is 65.7 Å². The van der Waals surface area contributed by atoms with E-state index in [0.717, 1.165) is 57.9 Å². The van der Waals surface area contributed by atoms with E-state index in [-0.39, 0.29) is 23.8 Å². The maximum Gasteiger partial charge on any atom is 0.257 e. The lowest BCUT2D eigenvalue weighted by atomic mass is 9.83. The van der Waals surface area contributed by atoms with Gasteiger partial charge in [-0.05, 0) is 49.8 Å². The van der Waals surface area contributed by atoms with E-state index >= 15 is 0 Å². The van der Waals surface area contributed by atoms with Crippen molar-refractivity contribution in [1.82, 2.24) is 9.80 Å². The van der Waals surface area contributed by atoms with Gasteiger partial charge in [-0.15, -0.1) is 0 Å². The Balaban J connectivity index is 1.62. The highest BCUT2D eigenvalue weighted by Gasteiger charge is 2.33. The molecular weight excluding hydrogens is 452 g/mol. The summed E-state index contributed by atoms with van der Waals surface area (Å²) in [5.41, 5.74) is 1.76. The van der Waals surface area contributed by atoms with Crippen molar-refractivity contribution in [1.29, 1.82) is 0 Å². The number of ether oxygens (including phenoxy) is 2. The van der Waals surface area contributed by atoms with Gasteiger partial charge in [0.25, 0.3) is 5.91 Å². The number of rotatable bonds is 6. The van der Waals surface area contributed by atoms with E-state index in [1.165, 1.54) is 5.56 Å². The molecule has 2 aliphatic rings. The zero-order valence-electron chi connectivity index (χ0n) is 21.6. The topological polar surface area (TPSA) is 59.1 Å². The van der Waals surface area contributed by atoms with Crippen molar-refractivity contribution in [2.24, 2.45) is 5.92 Å². The third-order valence-corrected chi connectivity index (χ3v) is 7.47. The first kappa shape index (κ1) is 26.2. The molecule has 1 atom stereocenters. The van der Waals surface area contributed by atoms with E-state index in [1.54, 1.807) is 7.11 Å². The Labute approximate surface area is 215 Å². The van der Waals surface area contributed by atoms with E-state index < -0.39 is 0 Å². The van der Waals surface area contributed by atoms with Gasteiger partial charge in [0.1, 0.15) is 12.4 Å². The van der Waals surface area contributed by atoms with Gasteiger partial charge in [0.2, 0.25) is 5.91 Å². The summed E-state index contributed by atoms with van der Waals surface area (Å²) in [6.45, 7) is 2.87. The summed E-state index contributed by atoms with van der Waals surface area (Å²) in [6.07, 6.45) is 7.81. The molecule has 0 N–H and O–H groups in total. The van der Waals surface area contributed by atoms with Crippen LogP contribution in [-0.4, -0.2) is 67.6 Å². The fraction of sp³-hybridized carbons (Fsp3) is 0.533. The number of hydrogen-bond donors (Lipinski definition) is 0. The Morgan fingerprint density at radius 3 is 2.39 bits per heavy atom. The lowest BCUT2D eigenvalue weighted by Crippen LogP contribution is -2.49. The van der Waals surface area contributed by atoms with E-state index in [9.17, 15) is 9.59 Å². The Hall–Kier alpha value is -2.86. The van der Waals surface area contributed by atoms with Crippen molar-refractivity contribution < 1.29 is 19.1 Å². The first-order valence-corrected chi connectivity index (χ1v) is 13.5. The number of carbonyl (C=O) groups is 2. The predicted octanol–water partition coefficient (Wildman–Crippen LogP) is 4.97. The van der Waals surface area contributed by atoms with Crippen LogP contribution in [0.2, 0.25) is 0 Å². The number of carbonyl (C=O) groups excluding carboxylic acids is 2. The fourth-order valence-electron chi connectivity index (χ4n) is 5.09. The minimum Gasteiger partial charge on any atom is -0.491 e. The summed E-state index contributed by atoms with van der Waals surface area (Å²) in [5.74, 6) is 0.969. The Kier molecular flexibility index (Phi) is 9.79. The average Bonchev–Trinajstić information content (AvgIpc) is 2.87. The number of fused-ring (bicyclic) bond motifs is 1. The molecule has 6 heteroatoms. The smallest absolute Gasteiger partial charge is 0.257 e. The van der Waals surface area contributed by atoms with Crippen LogP contribution in [-0.2, 0) is 16.0 Å². The van der Waals surface area contributed by atoms with Crippen LogP contribution in [0.1, 0.15) is 60.9 Å². The minimum absolute atomic E-state index is 0.0262. The van der Waals surface area contributed by atoms with Crippen LogP contribution in [0.3, 0.4) is 0 Å². The molecule has 6 nitrogen and oxygen atoms in total. The molecule has 0 unspecified atom stereocenters. The molecule has 0 aromatic heterocycles. The number of para-hydroxylation sites is 1. The van der Waals surface area contributed by atoms with Gasteiger partial charge < -0.3 is 19.3 Å². The van der Waals surface area contributed by atoms with Crippen LogP contribution in [0.15, 0.2) is 54.6 Å². The van der Waals surface area contributed by atoms with Crippen molar-refractivity contribution >= 4 is 11.8 Å². The van der Waals surface area contributed by atoms with Crippen molar-refractivity contribution in [3.63, 3.8) is 0 Å². The van der Waals surface area contributed by atoms with Crippen LogP contribution in [0.4, 0.5) is 0 Å². The first-order valence-electron chi connectivity index (χ1n) is 13.5. The molecule has 0 bridgehead atoms. The Morgan fingerprint density at radius 1 is 0.944 bits per heavy atom. The molecule has 0 saturated heterocycles. The highest BCUT2D eigenvalue weighted by Crippen LogP contribution is 2.30. The minimum atomic E-state index is -0.0869. The lowest BCUT2D eigenvalue weighted by Gasteiger charge is -2.37. The van der Waals surface area contributed by atoms with Crippen LogP contribution in [0.25, 0.3) is 0 Å². The maximum atomic E-state index is 13.6. The molecule has 0 radical (unpaired) electrons. The van der Waals surface area contributed by atoms with Gasteiger partial charge in [-0.25, -0.2) is 0 Å². The molecule has 36 heavy (non-hydrogen) atoms. The van der Waals surface area contributed by atoms with Gasteiger partial charge in [-0.1, -0.05) is 61.7 Å². The summed E-state index contributed by atoms with van der Waals surface area (Å²) in [7, 11) is 1.66. The second-order valence-electron chi connectivity index (χ2n) is 10.0. The summed E-state index contributed by atoms with van der Waals surface area (Å²) in [4.78, 5) is 31.1. The van der Waals surface area contributed by atoms with Crippen LogP contribution in [0.5, 0.6) is 5.75 Å². The molecule has 2 aromatic carbocycles. The molecule has 0 spiro atoms. The normalized spacial score (nSPS) is 20.1. The van der Waals surface area contributed by atoms with Crippen molar-refractivity contribution in [2.75, 3.05) is 40.0 Å². The zero-order chi connectivity index (χ0) is 25.2. The van der Waals surface area contributed by atoms with Gasteiger partial charge in [-0.2, -0.15) is 0 Å². The number of amides is 2. The molecule has 1 aliphatic carbocycles. The largest absolute Gasteiger partial charge is 0.491 e. The molecule has 1 saturated carbocycles. The second kappa shape index (κ2) is 13.4. The molecule has 194 valence electrons. The SMILES string of the molecule is COCCN1CCCCCCN(C(=O)C2CCC2)[C@@H](Cc2ccccc2)COc2ccccc2C1=O. The third-order valence-electron chi connectivity index (χ3n) is 7.47. The molecule has 1 fully saturated rings. The van der Waals surface area contributed by atoms with Crippen molar-refractivity contribution in [2.45, 2.75) is 57.4 Å². The molecule has 2 amide bonds. The van der Waals surface area contributed by atoms with Crippen LogP contribution >= 0.6 is 0 Å². The average molecular weight is 493 g/mol. The van der Waals surface area contributed by atoms with Gasteiger partial charge in [-0.3, -0.25) is 9.59 Å². The van der Waals surface area contributed by atoms with Crippen LogP contribution < -0.4 is 4.74 Å². The molecule has 4 rings (SSSR count). The van der Waals surface area contributed by atoms with Crippen LogP contribution in [0, 0.1) is 5.92 Å². The lowest BCUT2D eigenvalue weighted by molar-refractivity contribution is -0.141. The zero-order valence-corrected chi connectivity index (χ0v) is 21.6. The Bertz CT molecular complexity index is 976. The molecule has 1 aliphatic heterocycles. The van der Waals surface area contributed by atoms with Gasteiger partial charge >= 0.3 is 0 Å². The number of benzene rings is 2. The predicted molar refractivity (Wildman–Crippen MR) is 141 cm³/mol. The van der Waals surface area contributed by atoms with E-state index in [1.807, 2.05) is 47.4 Å². The first-order chi connectivity index (χ1) is 17.7. The second-order valence-corrected chi connectivity index (χ2v) is 10.0. The van der Waals surface area contributed by atoms with E-state index in [4.69, 9.17) is 9.47 Å². The van der Waals surface area contributed by atoms with Crippen molar-refractivity contribution in [3.8, 4) is 5.75 Å². The quantitative estimate of drug-likeness (QED) is 0.571. The standard InChI is InChI=1S/C30H40N2O4/c1-35-21-20-31-18-9-2-3-10-19-32(29(33)25-14-11-15-25)26(22-24-12-5-4-6-13-24)23-36-28-17-8-7-16-27(28)30(31)34/h4-8,12-13,16-17,25-26H,2-3,9-11,14-15,18-23H2,1H3/t26-/m0/s1. The number of hydrogen-bond acceptors (Lipinski definition) is 4. The summed E-state index contributed by atoms with van der Waals surface area (Å²) in [6, 6.07) is 17.7. The maximum absolute atomic E-state index is 13.6. The molecular formula is C30H40N2O4. The molecule has 2 aromatic rings. The highest BCUT2D eigenvalue weighted by molar-refractivity contribution is 5.97. The van der Waals surface area contributed by atoms with E-state index in [0.29, 0.717) is 37.6 Å². The number of methoxy groups -OCH3 is 1. The summed E-state index contributed by atoms with van der Waals surface area (Å²) >= 11 is 0. The van der Waals surface area contributed by atoms with Gasteiger partial charge in [0.15, 0.2) is 0 Å². The summed E-state index contributed by atoms with van der Waals surface area (Å²) < 4.78 is 11.6. The van der Waals surface area contributed by atoms with Gasteiger partial charge in [0, 0.05) is 32.7 Å². The molecule has 1 heterocycles. The third kappa shape index (κ3) is 6.88.